The molecule has 0 spiro atoms. The van der Waals surface area contributed by atoms with E-state index in [2.05, 4.69) is 0 Å². The number of carbonyl (C=O) groups excluding carboxylic acids is 2. The maximum atomic E-state index is 12.2. The number of carbonyl (C=O) groups is 2. The van der Waals surface area contributed by atoms with E-state index in [0.717, 1.165) is 5.56 Å². The highest BCUT2D eigenvalue weighted by Gasteiger charge is 2.32. The van der Waals surface area contributed by atoms with Crippen LogP contribution in [-0.2, 0) is 14.3 Å². The first-order valence-corrected chi connectivity index (χ1v) is 7.93. The number of amides is 1. The van der Waals surface area contributed by atoms with Crippen molar-refractivity contribution in [2.45, 2.75) is 19.0 Å². The highest BCUT2D eigenvalue weighted by Crippen LogP contribution is 2.26. The summed E-state index contributed by atoms with van der Waals surface area (Å²) in [4.78, 5) is 27.9. The van der Waals surface area contributed by atoms with Gasteiger partial charge in [0.05, 0.1) is 13.2 Å². The molecule has 2 N–H and O–H groups in total. The second kappa shape index (κ2) is 9.22. The summed E-state index contributed by atoms with van der Waals surface area (Å²) in [5.41, 5.74) is 6.43. The van der Waals surface area contributed by atoms with Crippen LogP contribution in [0.25, 0.3) is 0 Å². The van der Waals surface area contributed by atoms with Gasteiger partial charge in [-0.2, -0.15) is 0 Å². The van der Waals surface area contributed by atoms with Crippen molar-refractivity contribution in [2.24, 2.45) is 5.73 Å². The predicted octanol–water partition coefficient (Wildman–Crippen LogP) is 1.47. The van der Waals surface area contributed by atoms with Crippen molar-refractivity contribution >= 4 is 35.9 Å². The Hall–Kier alpha value is -1.34. The molecule has 8 heteroatoms. The Bertz CT molecular complexity index is 575. The highest BCUT2D eigenvalue weighted by atomic mass is 35.5. The fourth-order valence-corrected chi connectivity index (χ4v) is 2.97. The summed E-state index contributed by atoms with van der Waals surface area (Å²) < 4.78 is 4.95. The molecule has 24 heavy (non-hydrogen) atoms. The van der Waals surface area contributed by atoms with Crippen LogP contribution in [0.3, 0.4) is 0 Å². The second-order valence-electron chi connectivity index (χ2n) is 5.63. The van der Waals surface area contributed by atoms with Crippen LogP contribution >= 0.6 is 24.0 Å². The lowest BCUT2D eigenvalue weighted by molar-refractivity contribution is -0.148. The Morgan fingerprint density at radius 1 is 1.25 bits per heavy atom. The summed E-state index contributed by atoms with van der Waals surface area (Å²) in [6, 6.07) is 6.16. The molecule has 2 atom stereocenters. The van der Waals surface area contributed by atoms with Crippen LogP contribution in [0.2, 0.25) is 5.02 Å². The van der Waals surface area contributed by atoms with Crippen LogP contribution in [0.5, 0.6) is 0 Å². The zero-order valence-electron chi connectivity index (χ0n) is 13.8. The maximum Gasteiger partial charge on any atom is 0.327 e. The minimum absolute atomic E-state index is 0. The number of benzene rings is 1. The van der Waals surface area contributed by atoms with Crippen molar-refractivity contribution in [2.75, 3.05) is 33.3 Å². The van der Waals surface area contributed by atoms with E-state index in [9.17, 15) is 9.59 Å². The number of hydrogen-bond acceptors (Lipinski definition) is 5. The largest absolute Gasteiger partial charge is 0.468 e. The zero-order valence-corrected chi connectivity index (χ0v) is 15.3. The average molecular weight is 376 g/mol. The van der Waals surface area contributed by atoms with Gasteiger partial charge in [-0.25, -0.2) is 4.79 Å². The number of halogens is 2. The average Bonchev–Trinajstić information content (AvgIpc) is 2.55. The molecule has 134 valence electrons. The van der Waals surface area contributed by atoms with Crippen molar-refractivity contribution < 1.29 is 14.3 Å². The lowest BCUT2D eigenvalue weighted by atomic mass is 10.0. The summed E-state index contributed by atoms with van der Waals surface area (Å²) in [6.07, 6.45) is 0. The summed E-state index contributed by atoms with van der Waals surface area (Å²) in [6.45, 7) is 3.90. The first kappa shape index (κ1) is 20.7. The third-order valence-electron chi connectivity index (χ3n) is 3.97. The Labute approximate surface area is 153 Å². The molecule has 1 aromatic carbocycles. The first-order chi connectivity index (χ1) is 10.9. The van der Waals surface area contributed by atoms with Gasteiger partial charge in [0.1, 0.15) is 6.04 Å². The molecule has 0 bridgehead atoms. The molecule has 1 aliphatic heterocycles. The van der Waals surface area contributed by atoms with Crippen molar-refractivity contribution in [3.8, 4) is 0 Å². The molecular formula is C16H23Cl2N3O3. The van der Waals surface area contributed by atoms with E-state index < -0.39 is 12.1 Å². The van der Waals surface area contributed by atoms with Crippen LogP contribution in [0.15, 0.2) is 24.3 Å². The molecule has 6 nitrogen and oxygen atoms in total. The fraction of sp³-hybridized carbons (Fsp3) is 0.500. The minimum atomic E-state index is -0.522. The Kier molecular flexibility index (Phi) is 7.96. The van der Waals surface area contributed by atoms with Gasteiger partial charge in [-0.3, -0.25) is 9.69 Å². The first-order valence-electron chi connectivity index (χ1n) is 7.55. The number of nitrogens with two attached hydrogens (primary N) is 1. The van der Waals surface area contributed by atoms with Gasteiger partial charge in [-0.1, -0.05) is 23.7 Å². The third-order valence-corrected chi connectivity index (χ3v) is 4.20. The van der Waals surface area contributed by atoms with Crippen molar-refractivity contribution in [3.63, 3.8) is 0 Å². The number of esters is 1. The summed E-state index contributed by atoms with van der Waals surface area (Å²) in [5, 5.41) is 0.571. The topological polar surface area (TPSA) is 75.9 Å². The van der Waals surface area contributed by atoms with Gasteiger partial charge < -0.3 is 15.4 Å². The second-order valence-corrected chi connectivity index (χ2v) is 6.07. The molecule has 1 aliphatic rings. The molecule has 1 fully saturated rings. The predicted molar refractivity (Wildman–Crippen MR) is 95.3 cm³/mol. The molecule has 1 heterocycles. The Morgan fingerprint density at radius 3 is 2.38 bits per heavy atom. The zero-order chi connectivity index (χ0) is 17.0. The van der Waals surface area contributed by atoms with Crippen LogP contribution in [0.1, 0.15) is 18.5 Å². The molecule has 0 aliphatic carbocycles. The number of rotatable bonds is 4. The monoisotopic (exact) mass is 375 g/mol. The van der Waals surface area contributed by atoms with E-state index in [0.29, 0.717) is 31.2 Å². The molecule has 2 rings (SSSR count). The van der Waals surface area contributed by atoms with E-state index in [1.807, 2.05) is 17.0 Å². The van der Waals surface area contributed by atoms with Crippen molar-refractivity contribution in [1.82, 2.24) is 9.80 Å². The smallest absolute Gasteiger partial charge is 0.327 e. The van der Waals surface area contributed by atoms with Gasteiger partial charge in [0, 0.05) is 31.2 Å². The standard InChI is InChI=1S/C16H22ClN3O3.ClH/c1-11(18)15(21)20-8-6-19(7-9-20)14(16(22)23-2)12-4-3-5-13(17)10-12;/h3-5,10-11,14H,6-9,18H2,1-2H3;1H/t11-,14?;/m1./s1. The van der Waals surface area contributed by atoms with Gasteiger partial charge in [0.2, 0.25) is 5.91 Å². The lowest BCUT2D eigenvalue weighted by Gasteiger charge is -2.38. The summed E-state index contributed by atoms with van der Waals surface area (Å²) >= 11 is 6.04. The molecule has 0 aromatic heterocycles. The van der Waals surface area contributed by atoms with E-state index in [-0.39, 0.29) is 24.3 Å². The highest BCUT2D eigenvalue weighted by molar-refractivity contribution is 6.30. The molecule has 0 saturated carbocycles. The number of methoxy groups -OCH3 is 1. The van der Waals surface area contributed by atoms with Crippen molar-refractivity contribution in [3.05, 3.63) is 34.9 Å². The lowest BCUT2D eigenvalue weighted by Crippen LogP contribution is -2.54. The van der Waals surface area contributed by atoms with Crippen LogP contribution in [-0.4, -0.2) is 61.0 Å². The van der Waals surface area contributed by atoms with Gasteiger partial charge in [-0.05, 0) is 24.6 Å². The molecule has 1 unspecified atom stereocenters. The minimum Gasteiger partial charge on any atom is -0.468 e. The SMILES string of the molecule is COC(=O)C(c1cccc(Cl)c1)N1CCN(C(=O)[C@@H](C)N)CC1.Cl. The van der Waals surface area contributed by atoms with Gasteiger partial charge in [0.25, 0.3) is 0 Å². The molecule has 1 saturated heterocycles. The third kappa shape index (κ3) is 4.83. The van der Waals surface area contributed by atoms with E-state index in [4.69, 9.17) is 22.1 Å². The van der Waals surface area contributed by atoms with Crippen LogP contribution in [0.4, 0.5) is 0 Å². The van der Waals surface area contributed by atoms with Gasteiger partial charge in [0.15, 0.2) is 0 Å². The maximum absolute atomic E-state index is 12.2. The van der Waals surface area contributed by atoms with Crippen molar-refractivity contribution in [1.29, 1.82) is 0 Å². The van der Waals surface area contributed by atoms with E-state index >= 15 is 0 Å². The molecule has 1 amide bonds. The van der Waals surface area contributed by atoms with Crippen LogP contribution in [0, 0.1) is 0 Å². The van der Waals surface area contributed by atoms with E-state index in [1.165, 1.54) is 7.11 Å². The summed E-state index contributed by atoms with van der Waals surface area (Å²) in [5.74, 6) is -0.402. The molecular weight excluding hydrogens is 353 g/mol. The van der Waals surface area contributed by atoms with Crippen LogP contribution < -0.4 is 5.73 Å². The van der Waals surface area contributed by atoms with Gasteiger partial charge in [-0.15, -0.1) is 12.4 Å². The Morgan fingerprint density at radius 2 is 1.88 bits per heavy atom. The number of piperazine rings is 1. The van der Waals surface area contributed by atoms with E-state index in [1.54, 1.807) is 24.0 Å². The molecule has 0 radical (unpaired) electrons. The normalized spacial score (nSPS) is 17.6. The van der Waals surface area contributed by atoms with Gasteiger partial charge >= 0.3 is 5.97 Å². The summed E-state index contributed by atoms with van der Waals surface area (Å²) in [7, 11) is 1.37. The quantitative estimate of drug-likeness (QED) is 0.806. The Balaban J connectivity index is 0.00000288. The number of nitrogens with zero attached hydrogens (tertiary/aromatic N) is 2. The fourth-order valence-electron chi connectivity index (χ4n) is 2.77. The number of hydrogen-bond donors (Lipinski definition) is 1. The molecule has 1 aromatic rings. The number of ether oxygens (including phenoxy) is 1.